The Kier molecular flexibility index (Phi) is 8.23. The Bertz CT molecular complexity index is 336. The zero-order chi connectivity index (χ0) is 15.7. The average Bonchev–Trinajstić information content (AvgIpc) is 2.74. The molecule has 0 spiro atoms. The second-order valence-electron chi connectivity index (χ2n) is 6.49. The molecule has 1 unspecified atom stereocenters. The fourth-order valence-electron chi connectivity index (χ4n) is 3.27. The van der Waals surface area contributed by atoms with Crippen LogP contribution in [0, 0.1) is 11.3 Å². The molecular formula is C17H32N2OS. The van der Waals surface area contributed by atoms with Gasteiger partial charge in [0, 0.05) is 6.54 Å². The summed E-state index contributed by atoms with van der Waals surface area (Å²) in [5.74, 6) is 0.648. The van der Waals surface area contributed by atoms with Crippen LogP contribution in [0.1, 0.15) is 78.1 Å². The number of thiocarbonyl (C=S) groups is 1. The van der Waals surface area contributed by atoms with Crippen LogP contribution in [-0.4, -0.2) is 17.4 Å². The lowest BCUT2D eigenvalue weighted by molar-refractivity contribution is -0.128. The van der Waals surface area contributed by atoms with Gasteiger partial charge in [0.05, 0.1) is 10.4 Å². The van der Waals surface area contributed by atoms with Gasteiger partial charge in [0.1, 0.15) is 0 Å². The van der Waals surface area contributed by atoms with Gasteiger partial charge in [0.15, 0.2) is 0 Å². The molecule has 3 nitrogen and oxygen atoms in total. The largest absolute Gasteiger partial charge is 0.392 e. The second kappa shape index (κ2) is 9.39. The minimum atomic E-state index is -0.588. The molecule has 1 aliphatic rings. The fraction of sp³-hybridized carbons (Fsp3) is 0.882. The number of nitrogens with one attached hydrogen (secondary N) is 1. The molecule has 0 aromatic rings. The first-order valence-electron chi connectivity index (χ1n) is 8.65. The van der Waals surface area contributed by atoms with Crippen LogP contribution >= 0.6 is 12.2 Å². The maximum absolute atomic E-state index is 12.7. The molecule has 1 rings (SSSR count). The number of rotatable bonds is 8. The van der Waals surface area contributed by atoms with E-state index in [1.165, 1.54) is 32.1 Å². The van der Waals surface area contributed by atoms with Crippen molar-refractivity contribution in [3.05, 3.63) is 0 Å². The van der Waals surface area contributed by atoms with Crippen molar-refractivity contribution < 1.29 is 4.79 Å². The number of carbonyl (C=O) groups excluding carboxylic acids is 1. The van der Waals surface area contributed by atoms with Gasteiger partial charge in [0.25, 0.3) is 0 Å². The van der Waals surface area contributed by atoms with Crippen molar-refractivity contribution in [3.8, 4) is 0 Å². The van der Waals surface area contributed by atoms with E-state index in [0.29, 0.717) is 10.9 Å². The number of carbonyl (C=O) groups is 1. The van der Waals surface area contributed by atoms with E-state index < -0.39 is 5.41 Å². The van der Waals surface area contributed by atoms with Gasteiger partial charge in [-0.15, -0.1) is 0 Å². The Morgan fingerprint density at radius 3 is 2.33 bits per heavy atom. The first-order valence-corrected chi connectivity index (χ1v) is 9.05. The van der Waals surface area contributed by atoms with Gasteiger partial charge in [-0.1, -0.05) is 71.0 Å². The minimum Gasteiger partial charge on any atom is -0.392 e. The smallest absolute Gasteiger partial charge is 0.233 e. The Morgan fingerprint density at radius 2 is 1.86 bits per heavy atom. The minimum absolute atomic E-state index is 0.0758. The zero-order valence-electron chi connectivity index (χ0n) is 13.7. The zero-order valence-corrected chi connectivity index (χ0v) is 14.6. The first kappa shape index (κ1) is 18.4. The van der Waals surface area contributed by atoms with E-state index >= 15 is 0 Å². The molecule has 0 saturated heterocycles. The lowest BCUT2D eigenvalue weighted by Crippen LogP contribution is -2.49. The molecule has 0 aromatic heterocycles. The Hall–Kier alpha value is -0.640. The van der Waals surface area contributed by atoms with Gasteiger partial charge in [-0.3, -0.25) is 4.79 Å². The van der Waals surface area contributed by atoms with E-state index in [-0.39, 0.29) is 5.91 Å². The van der Waals surface area contributed by atoms with Crippen LogP contribution in [0.15, 0.2) is 0 Å². The summed E-state index contributed by atoms with van der Waals surface area (Å²) in [6.07, 6.45) is 10.9. The maximum atomic E-state index is 12.7. The Morgan fingerprint density at radius 1 is 1.24 bits per heavy atom. The molecule has 1 atom stereocenters. The van der Waals surface area contributed by atoms with Crippen molar-refractivity contribution in [1.29, 1.82) is 0 Å². The summed E-state index contributed by atoms with van der Waals surface area (Å²) in [4.78, 5) is 13.1. The van der Waals surface area contributed by atoms with Crippen molar-refractivity contribution in [2.75, 3.05) is 6.54 Å². The predicted molar refractivity (Wildman–Crippen MR) is 93.2 cm³/mol. The molecule has 4 heteroatoms. The van der Waals surface area contributed by atoms with Gasteiger partial charge < -0.3 is 11.1 Å². The molecule has 0 radical (unpaired) electrons. The van der Waals surface area contributed by atoms with E-state index in [0.717, 1.165) is 38.6 Å². The van der Waals surface area contributed by atoms with Crippen molar-refractivity contribution in [2.24, 2.45) is 17.1 Å². The Labute approximate surface area is 135 Å². The SMILES string of the molecule is CCCCC(CC)CNC(=O)C1(C(N)=S)CCCCCC1. The second-order valence-corrected chi connectivity index (χ2v) is 6.93. The van der Waals surface area contributed by atoms with Gasteiger partial charge in [0.2, 0.25) is 5.91 Å². The van der Waals surface area contributed by atoms with Gasteiger partial charge in [-0.2, -0.15) is 0 Å². The molecule has 0 aliphatic heterocycles. The van der Waals surface area contributed by atoms with E-state index in [9.17, 15) is 4.79 Å². The first-order chi connectivity index (χ1) is 10.1. The van der Waals surface area contributed by atoms with E-state index in [2.05, 4.69) is 19.2 Å². The lowest BCUT2D eigenvalue weighted by atomic mass is 9.79. The quantitative estimate of drug-likeness (QED) is 0.527. The molecule has 0 heterocycles. The summed E-state index contributed by atoms with van der Waals surface area (Å²) in [5, 5.41) is 3.16. The van der Waals surface area contributed by atoms with Crippen LogP contribution in [0.4, 0.5) is 0 Å². The number of unbranched alkanes of at least 4 members (excludes halogenated alkanes) is 1. The number of nitrogens with two attached hydrogens (primary N) is 1. The highest BCUT2D eigenvalue weighted by molar-refractivity contribution is 7.80. The molecule has 0 aromatic carbocycles. The van der Waals surface area contributed by atoms with Gasteiger partial charge in [-0.25, -0.2) is 0 Å². The molecule has 1 fully saturated rings. The molecular weight excluding hydrogens is 280 g/mol. The van der Waals surface area contributed by atoms with E-state index in [1.54, 1.807) is 0 Å². The molecule has 0 bridgehead atoms. The highest BCUT2D eigenvalue weighted by Crippen LogP contribution is 2.35. The summed E-state index contributed by atoms with van der Waals surface area (Å²) in [5.41, 5.74) is 5.37. The van der Waals surface area contributed by atoms with E-state index in [4.69, 9.17) is 18.0 Å². The third kappa shape index (κ3) is 5.24. The number of hydrogen-bond acceptors (Lipinski definition) is 2. The van der Waals surface area contributed by atoms with Gasteiger partial charge >= 0.3 is 0 Å². The van der Waals surface area contributed by atoms with Crippen molar-refractivity contribution >= 4 is 23.1 Å². The summed E-state index contributed by atoms with van der Waals surface area (Å²) >= 11 is 5.26. The predicted octanol–water partition coefficient (Wildman–Crippen LogP) is 3.95. The molecule has 1 amide bonds. The number of hydrogen-bond donors (Lipinski definition) is 2. The summed E-state index contributed by atoms with van der Waals surface area (Å²) in [6.45, 7) is 5.17. The third-order valence-corrected chi connectivity index (χ3v) is 5.35. The normalized spacial score (nSPS) is 19.5. The standard InChI is InChI=1S/C17H32N2OS/c1-3-5-10-14(4-2)13-19-16(20)17(15(18)21)11-8-6-7-9-12-17/h14H,3-13H2,1-2H3,(H2,18,21)(H,19,20). The summed E-state index contributed by atoms with van der Waals surface area (Å²) < 4.78 is 0. The van der Waals surface area contributed by atoms with Crippen LogP contribution in [0.25, 0.3) is 0 Å². The van der Waals surface area contributed by atoms with Crippen molar-refractivity contribution in [3.63, 3.8) is 0 Å². The van der Waals surface area contributed by atoms with Crippen molar-refractivity contribution in [2.45, 2.75) is 78.1 Å². The van der Waals surface area contributed by atoms with Crippen LogP contribution < -0.4 is 11.1 Å². The van der Waals surface area contributed by atoms with Crippen LogP contribution in [-0.2, 0) is 4.79 Å². The van der Waals surface area contributed by atoms with Crippen molar-refractivity contribution in [1.82, 2.24) is 5.32 Å². The summed E-state index contributed by atoms with van der Waals surface area (Å²) in [7, 11) is 0. The molecule has 1 saturated carbocycles. The molecule has 1 aliphatic carbocycles. The molecule has 21 heavy (non-hydrogen) atoms. The van der Waals surface area contributed by atoms with Gasteiger partial charge in [-0.05, 0) is 25.2 Å². The molecule has 122 valence electrons. The van der Waals surface area contributed by atoms with Crippen LogP contribution in [0.3, 0.4) is 0 Å². The van der Waals surface area contributed by atoms with E-state index in [1.807, 2.05) is 0 Å². The van der Waals surface area contributed by atoms with Crippen LogP contribution in [0.2, 0.25) is 0 Å². The topological polar surface area (TPSA) is 55.1 Å². The average molecular weight is 313 g/mol. The highest BCUT2D eigenvalue weighted by Gasteiger charge is 2.41. The highest BCUT2D eigenvalue weighted by atomic mass is 32.1. The van der Waals surface area contributed by atoms with Crippen LogP contribution in [0.5, 0.6) is 0 Å². The number of amides is 1. The third-order valence-electron chi connectivity index (χ3n) is 4.96. The summed E-state index contributed by atoms with van der Waals surface area (Å²) in [6, 6.07) is 0. The fourth-order valence-corrected chi connectivity index (χ4v) is 3.56. The monoisotopic (exact) mass is 312 g/mol. The molecule has 3 N–H and O–H groups in total. The Balaban J connectivity index is 2.62. The lowest BCUT2D eigenvalue weighted by Gasteiger charge is -2.31. The maximum Gasteiger partial charge on any atom is 0.233 e.